The summed E-state index contributed by atoms with van der Waals surface area (Å²) in [6.07, 6.45) is 0. The van der Waals surface area contributed by atoms with Gasteiger partial charge in [-0.2, -0.15) is 9.61 Å². The fourth-order valence-electron chi connectivity index (χ4n) is 2.40. The molecule has 0 saturated heterocycles. The van der Waals surface area contributed by atoms with Gasteiger partial charge in [0.05, 0.1) is 5.52 Å². The minimum absolute atomic E-state index is 0.0418. The van der Waals surface area contributed by atoms with Crippen molar-refractivity contribution in [2.45, 2.75) is 13.5 Å². The van der Waals surface area contributed by atoms with Gasteiger partial charge in [-0.05, 0) is 19.1 Å². The van der Waals surface area contributed by atoms with Crippen molar-refractivity contribution in [1.29, 1.82) is 0 Å². The molecule has 3 aromatic heterocycles. The van der Waals surface area contributed by atoms with Gasteiger partial charge in [-0.25, -0.2) is 14.8 Å². The van der Waals surface area contributed by atoms with Crippen LogP contribution in [0.2, 0.25) is 0 Å². The van der Waals surface area contributed by atoms with Crippen molar-refractivity contribution >= 4 is 33.2 Å². The summed E-state index contributed by atoms with van der Waals surface area (Å²) in [5.74, 6) is -0.540. The predicted molar refractivity (Wildman–Crippen MR) is 92.7 cm³/mol. The number of benzene rings is 1. The monoisotopic (exact) mass is 352 g/mol. The normalized spacial score (nSPS) is 11.1. The Labute approximate surface area is 145 Å². The largest absolute Gasteiger partial charge is 0.453 e. The number of carbonyl (C=O) groups excluding carboxylic acids is 1. The number of nitrogens with zero attached hydrogens (tertiary/aromatic N) is 4. The number of aromatic nitrogens is 4. The maximum Gasteiger partial charge on any atom is 0.357 e. The predicted octanol–water partition coefficient (Wildman–Crippen LogP) is 2.36. The van der Waals surface area contributed by atoms with Crippen LogP contribution in [0.1, 0.15) is 21.2 Å². The Morgan fingerprint density at radius 3 is 2.92 bits per heavy atom. The second-order valence-electron chi connectivity index (χ2n) is 5.39. The maximum atomic E-state index is 12.2. The van der Waals surface area contributed by atoms with Gasteiger partial charge < -0.3 is 4.74 Å². The lowest BCUT2D eigenvalue weighted by Crippen LogP contribution is -2.14. The van der Waals surface area contributed by atoms with Crippen molar-refractivity contribution in [3.05, 3.63) is 69.2 Å². The molecule has 0 spiro atoms. The summed E-state index contributed by atoms with van der Waals surface area (Å²) in [5.41, 5.74) is 1.32. The first kappa shape index (κ1) is 15.4. The Hall–Kier alpha value is -3.13. The lowest BCUT2D eigenvalue weighted by molar-refractivity contribution is 0.0465. The number of esters is 1. The summed E-state index contributed by atoms with van der Waals surface area (Å²) in [6, 6.07) is 12.4. The van der Waals surface area contributed by atoms with Gasteiger partial charge >= 0.3 is 5.97 Å². The van der Waals surface area contributed by atoms with E-state index in [0.29, 0.717) is 15.7 Å². The van der Waals surface area contributed by atoms with Crippen LogP contribution in [0, 0.1) is 6.92 Å². The van der Waals surface area contributed by atoms with Gasteiger partial charge in [0, 0.05) is 17.1 Å². The van der Waals surface area contributed by atoms with E-state index in [1.165, 1.54) is 21.9 Å². The molecular weight excluding hydrogens is 340 g/mol. The van der Waals surface area contributed by atoms with Crippen LogP contribution in [0.5, 0.6) is 0 Å². The van der Waals surface area contributed by atoms with Crippen LogP contribution in [0.4, 0.5) is 0 Å². The van der Waals surface area contributed by atoms with Crippen molar-refractivity contribution in [3.63, 3.8) is 0 Å². The molecule has 0 fully saturated rings. The number of para-hydroxylation sites is 1. The molecule has 0 bridgehead atoms. The highest BCUT2D eigenvalue weighted by Gasteiger charge is 2.13. The van der Waals surface area contributed by atoms with E-state index in [0.717, 1.165) is 10.9 Å². The average Bonchev–Trinajstić information content (AvgIpc) is 3.02. The van der Waals surface area contributed by atoms with E-state index >= 15 is 0 Å². The van der Waals surface area contributed by atoms with E-state index < -0.39 is 5.97 Å². The maximum absolute atomic E-state index is 12.2. The van der Waals surface area contributed by atoms with Crippen LogP contribution in [0.15, 0.2) is 47.3 Å². The zero-order valence-corrected chi connectivity index (χ0v) is 14.0. The molecule has 4 rings (SSSR count). The number of rotatable bonds is 3. The van der Waals surface area contributed by atoms with E-state index in [9.17, 15) is 9.59 Å². The number of aryl methyl sites for hydroxylation is 1. The lowest BCUT2D eigenvalue weighted by Gasteiger charge is -2.03. The Morgan fingerprint density at radius 2 is 2.04 bits per heavy atom. The molecule has 3 heterocycles. The number of hydrogen-bond donors (Lipinski definition) is 0. The molecule has 0 aliphatic heterocycles. The van der Waals surface area contributed by atoms with Gasteiger partial charge in [-0.15, -0.1) is 0 Å². The first-order valence-corrected chi connectivity index (χ1v) is 8.31. The van der Waals surface area contributed by atoms with Gasteiger partial charge in [-0.1, -0.05) is 35.6 Å². The van der Waals surface area contributed by atoms with Crippen LogP contribution in [-0.4, -0.2) is 25.6 Å². The minimum atomic E-state index is -0.540. The second kappa shape index (κ2) is 6.06. The molecule has 7 nitrogen and oxygen atoms in total. The number of hydrogen-bond acceptors (Lipinski definition) is 7. The second-order valence-corrected chi connectivity index (χ2v) is 6.43. The van der Waals surface area contributed by atoms with Crippen LogP contribution < -0.4 is 5.56 Å². The van der Waals surface area contributed by atoms with Gasteiger partial charge in [0.1, 0.15) is 12.3 Å². The Bertz CT molecular complexity index is 1170. The molecule has 0 saturated carbocycles. The van der Waals surface area contributed by atoms with Crippen molar-refractivity contribution in [1.82, 2.24) is 19.6 Å². The molecule has 0 aliphatic rings. The van der Waals surface area contributed by atoms with Crippen molar-refractivity contribution < 1.29 is 9.53 Å². The Balaban J connectivity index is 1.54. The van der Waals surface area contributed by atoms with Crippen molar-refractivity contribution in [2.75, 3.05) is 0 Å². The summed E-state index contributed by atoms with van der Waals surface area (Å²) >= 11 is 1.21. The molecular formula is C17H12N4O3S. The number of fused-ring (bicyclic) bond motifs is 2. The van der Waals surface area contributed by atoms with Crippen LogP contribution >= 0.6 is 11.3 Å². The van der Waals surface area contributed by atoms with Gasteiger partial charge in [0.25, 0.3) is 5.56 Å². The van der Waals surface area contributed by atoms with E-state index in [1.807, 2.05) is 30.3 Å². The summed E-state index contributed by atoms with van der Waals surface area (Å²) in [7, 11) is 0. The van der Waals surface area contributed by atoms with Gasteiger partial charge in [-0.3, -0.25) is 4.79 Å². The zero-order chi connectivity index (χ0) is 17.4. The fourth-order valence-corrected chi connectivity index (χ4v) is 3.26. The van der Waals surface area contributed by atoms with Crippen LogP contribution in [0.3, 0.4) is 0 Å². The topological polar surface area (TPSA) is 86.5 Å². The molecule has 1 aromatic carbocycles. The molecule has 0 unspecified atom stereocenters. The number of carbonyl (C=O) groups is 1. The quantitative estimate of drug-likeness (QED) is 0.526. The van der Waals surface area contributed by atoms with E-state index in [1.54, 1.807) is 13.0 Å². The summed E-state index contributed by atoms with van der Waals surface area (Å²) in [4.78, 5) is 33.1. The van der Waals surface area contributed by atoms with Gasteiger partial charge in [0.15, 0.2) is 5.01 Å². The third kappa shape index (κ3) is 2.99. The van der Waals surface area contributed by atoms with Gasteiger partial charge in [0.2, 0.25) is 4.96 Å². The summed E-state index contributed by atoms with van der Waals surface area (Å²) in [5, 5.41) is 5.57. The smallest absolute Gasteiger partial charge is 0.357 e. The first-order chi connectivity index (χ1) is 12.1. The van der Waals surface area contributed by atoms with Crippen LogP contribution in [-0.2, 0) is 11.3 Å². The third-order valence-electron chi connectivity index (χ3n) is 3.55. The molecule has 0 N–H and O–H groups in total. The highest BCUT2D eigenvalue weighted by Crippen LogP contribution is 2.15. The molecule has 0 amide bonds. The standard InChI is InChI=1S/C17H12N4O3S/c1-10-8-15(22)21-17(18-10)25-14(20-21)9-24-16(23)13-7-6-11-4-2-3-5-12(11)19-13/h2-8H,9H2,1H3. The SMILES string of the molecule is Cc1cc(=O)n2nc(COC(=O)c3ccc4ccccc4n3)sc2n1. The lowest BCUT2D eigenvalue weighted by atomic mass is 10.2. The van der Waals surface area contributed by atoms with E-state index in [-0.39, 0.29) is 17.9 Å². The molecule has 0 aliphatic carbocycles. The average molecular weight is 352 g/mol. The van der Waals surface area contributed by atoms with E-state index in [2.05, 4.69) is 15.1 Å². The van der Waals surface area contributed by atoms with Crippen molar-refractivity contribution in [3.8, 4) is 0 Å². The Morgan fingerprint density at radius 1 is 1.20 bits per heavy atom. The first-order valence-electron chi connectivity index (χ1n) is 7.49. The highest BCUT2D eigenvalue weighted by molar-refractivity contribution is 7.16. The molecule has 25 heavy (non-hydrogen) atoms. The molecule has 4 aromatic rings. The zero-order valence-electron chi connectivity index (χ0n) is 13.2. The summed E-state index contributed by atoms with van der Waals surface area (Å²) in [6.45, 7) is 1.70. The fraction of sp³-hybridized carbons (Fsp3) is 0.118. The highest BCUT2D eigenvalue weighted by atomic mass is 32.1. The molecule has 124 valence electrons. The third-order valence-corrected chi connectivity index (χ3v) is 4.43. The Kier molecular flexibility index (Phi) is 3.73. The van der Waals surface area contributed by atoms with Crippen LogP contribution in [0.25, 0.3) is 15.9 Å². The number of ether oxygens (including phenoxy) is 1. The van der Waals surface area contributed by atoms with Crippen molar-refractivity contribution in [2.24, 2.45) is 0 Å². The molecule has 8 heteroatoms. The minimum Gasteiger partial charge on any atom is -0.453 e. The number of pyridine rings is 1. The van der Waals surface area contributed by atoms with E-state index in [4.69, 9.17) is 4.74 Å². The molecule has 0 radical (unpaired) electrons. The summed E-state index contributed by atoms with van der Waals surface area (Å²) < 4.78 is 6.47. The molecule has 0 atom stereocenters.